The SMILES string of the molecule is CC1N=CC(F)=C1B1OC(C)(C)C(C)(C)O1. The molecule has 2 aliphatic heterocycles. The highest BCUT2D eigenvalue weighted by molar-refractivity contribution is 6.56. The molecule has 1 saturated heterocycles. The fraction of sp³-hybridized carbons (Fsp3) is 0.727. The molecule has 1 fully saturated rings. The molecule has 0 bridgehead atoms. The van der Waals surface area contributed by atoms with Crippen LogP contribution in [0, 0.1) is 0 Å². The van der Waals surface area contributed by atoms with Gasteiger partial charge in [-0.15, -0.1) is 0 Å². The molecule has 16 heavy (non-hydrogen) atoms. The molecule has 0 amide bonds. The molecule has 0 saturated carbocycles. The molecule has 2 rings (SSSR count). The number of halogens is 1. The van der Waals surface area contributed by atoms with E-state index in [2.05, 4.69) is 4.99 Å². The van der Waals surface area contributed by atoms with Crippen molar-refractivity contribution in [1.29, 1.82) is 0 Å². The largest absolute Gasteiger partial charge is 0.495 e. The van der Waals surface area contributed by atoms with Crippen LogP contribution in [0.25, 0.3) is 0 Å². The molecule has 0 aromatic rings. The average Bonchev–Trinajstić information content (AvgIpc) is 2.52. The minimum atomic E-state index is -0.623. The zero-order valence-electron chi connectivity index (χ0n) is 10.4. The second-order valence-corrected chi connectivity index (χ2v) is 5.35. The number of hydrogen-bond donors (Lipinski definition) is 0. The third-order valence-electron chi connectivity index (χ3n) is 3.64. The molecule has 0 N–H and O–H groups in total. The summed E-state index contributed by atoms with van der Waals surface area (Å²) in [5.41, 5.74) is -0.376. The first-order valence-corrected chi connectivity index (χ1v) is 5.53. The van der Waals surface area contributed by atoms with Crippen LogP contribution in [0.2, 0.25) is 0 Å². The molecule has 0 spiro atoms. The Morgan fingerprint density at radius 2 is 1.75 bits per heavy atom. The van der Waals surface area contributed by atoms with E-state index in [4.69, 9.17) is 9.31 Å². The normalized spacial score (nSPS) is 31.6. The van der Waals surface area contributed by atoms with E-state index in [9.17, 15) is 4.39 Å². The Morgan fingerprint density at radius 3 is 2.12 bits per heavy atom. The van der Waals surface area contributed by atoms with E-state index in [1.54, 1.807) is 0 Å². The van der Waals surface area contributed by atoms with Crippen molar-refractivity contribution in [2.24, 2.45) is 4.99 Å². The standard InChI is InChI=1S/C11H17BFNO2/c1-7-9(8(13)6-14-7)12-15-10(2,3)11(4,5)16-12/h6-7H,1-5H3. The molecule has 1 atom stereocenters. The van der Waals surface area contributed by atoms with Crippen LogP contribution in [0.3, 0.4) is 0 Å². The summed E-state index contributed by atoms with van der Waals surface area (Å²) in [6, 6.07) is -0.199. The Kier molecular flexibility index (Phi) is 2.51. The summed E-state index contributed by atoms with van der Waals surface area (Å²) in [6.45, 7) is 9.64. The lowest BCUT2D eigenvalue weighted by molar-refractivity contribution is 0.00578. The third kappa shape index (κ3) is 1.62. The maximum absolute atomic E-state index is 13.6. The lowest BCUT2D eigenvalue weighted by Gasteiger charge is -2.32. The van der Waals surface area contributed by atoms with Crippen molar-refractivity contribution in [3.8, 4) is 0 Å². The van der Waals surface area contributed by atoms with Crippen molar-refractivity contribution in [3.05, 3.63) is 11.3 Å². The maximum atomic E-state index is 13.6. The number of allylic oxidation sites excluding steroid dienone is 1. The molecule has 0 aromatic carbocycles. The molecule has 3 nitrogen and oxygen atoms in total. The highest BCUT2D eigenvalue weighted by Crippen LogP contribution is 2.40. The van der Waals surface area contributed by atoms with E-state index >= 15 is 0 Å². The van der Waals surface area contributed by atoms with Gasteiger partial charge >= 0.3 is 7.12 Å². The summed E-state index contributed by atoms with van der Waals surface area (Å²) in [7, 11) is -0.623. The van der Waals surface area contributed by atoms with Gasteiger partial charge in [0.15, 0.2) is 0 Å². The average molecular weight is 225 g/mol. The summed E-state index contributed by atoms with van der Waals surface area (Å²) < 4.78 is 25.1. The fourth-order valence-corrected chi connectivity index (χ4v) is 1.81. The summed E-state index contributed by atoms with van der Waals surface area (Å²) >= 11 is 0. The van der Waals surface area contributed by atoms with Crippen LogP contribution in [0.5, 0.6) is 0 Å². The van der Waals surface area contributed by atoms with Gasteiger partial charge in [-0.2, -0.15) is 0 Å². The van der Waals surface area contributed by atoms with Crippen LogP contribution in [0.1, 0.15) is 34.6 Å². The van der Waals surface area contributed by atoms with Crippen LogP contribution in [0.4, 0.5) is 4.39 Å². The Labute approximate surface area is 95.9 Å². The van der Waals surface area contributed by atoms with Crippen molar-refractivity contribution in [1.82, 2.24) is 0 Å². The van der Waals surface area contributed by atoms with Crippen LogP contribution in [-0.2, 0) is 9.31 Å². The zero-order chi connectivity index (χ0) is 12.1. The quantitative estimate of drug-likeness (QED) is 0.641. The fourth-order valence-electron chi connectivity index (χ4n) is 1.81. The van der Waals surface area contributed by atoms with Crippen molar-refractivity contribution in [3.63, 3.8) is 0 Å². The Balaban J connectivity index is 2.25. The number of rotatable bonds is 1. The van der Waals surface area contributed by atoms with Gasteiger partial charge in [0.1, 0.15) is 5.83 Å². The van der Waals surface area contributed by atoms with E-state index in [1.807, 2.05) is 34.6 Å². The molecule has 2 heterocycles. The summed E-state index contributed by atoms with van der Waals surface area (Å²) in [4.78, 5) is 4.00. The van der Waals surface area contributed by atoms with E-state index in [1.165, 1.54) is 6.21 Å². The molecule has 0 aromatic heterocycles. The maximum Gasteiger partial charge on any atom is 0.495 e. The van der Waals surface area contributed by atoms with Crippen LogP contribution in [-0.4, -0.2) is 30.6 Å². The predicted molar refractivity (Wildman–Crippen MR) is 62.2 cm³/mol. The van der Waals surface area contributed by atoms with Gasteiger partial charge in [-0.1, -0.05) is 0 Å². The van der Waals surface area contributed by atoms with E-state index < -0.39 is 18.3 Å². The van der Waals surface area contributed by atoms with Gasteiger partial charge in [-0.3, -0.25) is 4.99 Å². The Bertz CT molecular complexity index is 360. The smallest absolute Gasteiger partial charge is 0.399 e. The van der Waals surface area contributed by atoms with Gasteiger partial charge in [0.2, 0.25) is 0 Å². The monoisotopic (exact) mass is 225 g/mol. The lowest BCUT2D eigenvalue weighted by atomic mass is 9.74. The lowest BCUT2D eigenvalue weighted by Crippen LogP contribution is -2.41. The molecule has 1 unspecified atom stereocenters. The van der Waals surface area contributed by atoms with Crippen molar-refractivity contribution >= 4 is 13.3 Å². The molecule has 5 heteroatoms. The van der Waals surface area contributed by atoms with Gasteiger partial charge in [0.25, 0.3) is 0 Å². The molecule has 88 valence electrons. The van der Waals surface area contributed by atoms with Gasteiger partial charge in [0, 0.05) is 5.47 Å². The summed E-state index contributed by atoms with van der Waals surface area (Å²) in [5, 5.41) is 0. The number of hydrogen-bond acceptors (Lipinski definition) is 3. The number of nitrogens with zero attached hydrogens (tertiary/aromatic N) is 1. The molecular weight excluding hydrogens is 208 g/mol. The van der Waals surface area contributed by atoms with Crippen LogP contribution < -0.4 is 0 Å². The summed E-state index contributed by atoms with van der Waals surface area (Å²) in [6.07, 6.45) is 1.24. The second kappa shape index (κ2) is 3.41. The van der Waals surface area contributed by atoms with Gasteiger partial charge in [-0.05, 0) is 34.6 Å². The highest BCUT2D eigenvalue weighted by atomic mass is 19.1. The van der Waals surface area contributed by atoms with Crippen molar-refractivity contribution in [2.75, 3.05) is 0 Å². The third-order valence-corrected chi connectivity index (χ3v) is 3.64. The van der Waals surface area contributed by atoms with Crippen LogP contribution in [0.15, 0.2) is 16.3 Å². The molecule has 0 aliphatic carbocycles. The van der Waals surface area contributed by atoms with Crippen molar-refractivity contribution < 1.29 is 13.7 Å². The van der Waals surface area contributed by atoms with Crippen molar-refractivity contribution in [2.45, 2.75) is 51.9 Å². The van der Waals surface area contributed by atoms with Gasteiger partial charge < -0.3 is 9.31 Å². The second-order valence-electron chi connectivity index (χ2n) is 5.35. The van der Waals surface area contributed by atoms with E-state index in [0.717, 1.165) is 0 Å². The first kappa shape index (κ1) is 11.8. The minimum Gasteiger partial charge on any atom is -0.399 e. The van der Waals surface area contributed by atoms with E-state index in [0.29, 0.717) is 5.47 Å². The Morgan fingerprint density at radius 1 is 1.25 bits per heavy atom. The summed E-state index contributed by atoms with van der Waals surface area (Å²) in [5.74, 6) is -0.328. The van der Waals surface area contributed by atoms with E-state index in [-0.39, 0.29) is 11.9 Å². The zero-order valence-corrected chi connectivity index (χ0v) is 10.4. The first-order valence-electron chi connectivity index (χ1n) is 5.53. The number of aliphatic imine (C=N–C) groups is 1. The Hall–Kier alpha value is -0.675. The molecular formula is C11H17BFNO2. The van der Waals surface area contributed by atoms with Gasteiger partial charge in [0.05, 0.1) is 23.5 Å². The van der Waals surface area contributed by atoms with Crippen LogP contribution >= 0.6 is 0 Å². The minimum absolute atomic E-state index is 0.199. The topological polar surface area (TPSA) is 30.8 Å². The molecule has 0 radical (unpaired) electrons. The molecule has 2 aliphatic rings. The predicted octanol–water partition coefficient (Wildman–Crippen LogP) is 2.31. The highest BCUT2D eigenvalue weighted by Gasteiger charge is 2.54. The van der Waals surface area contributed by atoms with Gasteiger partial charge in [-0.25, -0.2) is 4.39 Å². The first-order chi connectivity index (χ1) is 7.24.